The Morgan fingerprint density at radius 2 is 2.33 bits per heavy atom. The molecule has 0 spiro atoms. The van der Waals surface area contributed by atoms with Crippen molar-refractivity contribution in [3.63, 3.8) is 0 Å². The zero-order chi connectivity index (χ0) is 15.1. The van der Waals surface area contributed by atoms with Crippen molar-refractivity contribution in [2.24, 2.45) is 5.73 Å². The fourth-order valence-corrected chi connectivity index (χ4v) is 2.18. The third-order valence-electron chi connectivity index (χ3n) is 3.31. The molecule has 1 amide bonds. The van der Waals surface area contributed by atoms with E-state index in [1.807, 2.05) is 0 Å². The molecule has 0 radical (unpaired) electrons. The fraction of sp³-hybridized carbons (Fsp3) is 0.438. The molecule has 1 aliphatic heterocycles. The maximum atomic E-state index is 13.7. The van der Waals surface area contributed by atoms with Gasteiger partial charge in [-0.15, -0.1) is 0 Å². The first-order chi connectivity index (χ1) is 10.2. The maximum absolute atomic E-state index is 13.7. The second kappa shape index (κ2) is 7.77. The van der Waals surface area contributed by atoms with Gasteiger partial charge in [-0.3, -0.25) is 4.79 Å². The van der Waals surface area contributed by atoms with E-state index >= 15 is 0 Å². The summed E-state index contributed by atoms with van der Waals surface area (Å²) < 4.78 is 19.1. The van der Waals surface area contributed by atoms with Crippen LogP contribution in [0.25, 0.3) is 0 Å². The Labute approximate surface area is 123 Å². The molecule has 0 saturated carbocycles. The van der Waals surface area contributed by atoms with Crippen LogP contribution in [-0.4, -0.2) is 25.2 Å². The molecular formula is C16H19FN2O2. The van der Waals surface area contributed by atoms with Crippen LogP contribution in [0.2, 0.25) is 0 Å². The summed E-state index contributed by atoms with van der Waals surface area (Å²) in [4.78, 5) is 11.9. The first-order valence-corrected chi connectivity index (χ1v) is 7.07. The van der Waals surface area contributed by atoms with E-state index in [1.165, 1.54) is 6.07 Å². The molecule has 1 aromatic rings. The van der Waals surface area contributed by atoms with E-state index in [9.17, 15) is 9.18 Å². The highest BCUT2D eigenvalue weighted by atomic mass is 19.1. The highest BCUT2D eigenvalue weighted by Gasteiger charge is 2.21. The Morgan fingerprint density at radius 1 is 1.48 bits per heavy atom. The molecule has 1 saturated heterocycles. The van der Waals surface area contributed by atoms with Gasteiger partial charge in [-0.25, -0.2) is 4.39 Å². The molecule has 2 rings (SSSR count). The zero-order valence-electron chi connectivity index (χ0n) is 11.8. The average Bonchev–Trinajstić information content (AvgIpc) is 2.53. The lowest BCUT2D eigenvalue weighted by atomic mass is 10.1. The molecule has 1 heterocycles. The number of nitrogens with one attached hydrogen (secondary N) is 1. The van der Waals surface area contributed by atoms with Crippen molar-refractivity contribution in [2.45, 2.75) is 31.9 Å². The number of carbonyl (C=O) groups excluding carboxylic acids is 1. The van der Waals surface area contributed by atoms with Crippen molar-refractivity contribution < 1.29 is 13.9 Å². The number of ether oxygens (including phenoxy) is 1. The molecule has 1 fully saturated rings. The molecule has 0 bridgehead atoms. The zero-order valence-corrected chi connectivity index (χ0v) is 11.8. The Hall–Kier alpha value is -1.90. The summed E-state index contributed by atoms with van der Waals surface area (Å²) in [5.41, 5.74) is 6.39. The van der Waals surface area contributed by atoms with E-state index in [2.05, 4.69) is 17.2 Å². The molecule has 0 aromatic heterocycles. The molecule has 1 aromatic carbocycles. The predicted molar refractivity (Wildman–Crippen MR) is 77.8 cm³/mol. The van der Waals surface area contributed by atoms with Gasteiger partial charge in [-0.2, -0.15) is 0 Å². The van der Waals surface area contributed by atoms with Crippen molar-refractivity contribution in [3.8, 4) is 11.8 Å². The molecule has 21 heavy (non-hydrogen) atoms. The minimum absolute atomic E-state index is 0.128. The number of carbonyl (C=O) groups is 1. The van der Waals surface area contributed by atoms with Crippen molar-refractivity contribution in [3.05, 3.63) is 35.1 Å². The van der Waals surface area contributed by atoms with Crippen LogP contribution in [-0.2, 0) is 16.1 Å². The summed E-state index contributed by atoms with van der Waals surface area (Å²) in [5.74, 6) is 5.01. The Kier molecular flexibility index (Phi) is 5.73. The summed E-state index contributed by atoms with van der Waals surface area (Å²) in [6.45, 7) is 0.988. The molecule has 112 valence electrons. The predicted octanol–water partition coefficient (Wildman–Crippen LogP) is 1.32. The van der Waals surface area contributed by atoms with Crippen LogP contribution in [0.5, 0.6) is 0 Å². The third kappa shape index (κ3) is 4.55. The molecule has 0 aliphatic carbocycles. The Morgan fingerprint density at radius 3 is 3.05 bits per heavy atom. The van der Waals surface area contributed by atoms with Crippen molar-refractivity contribution in [2.75, 3.05) is 13.2 Å². The molecule has 3 N–H and O–H groups in total. The van der Waals surface area contributed by atoms with Gasteiger partial charge in [0.2, 0.25) is 5.91 Å². The molecule has 5 heteroatoms. The highest BCUT2D eigenvalue weighted by Crippen LogP contribution is 2.14. The van der Waals surface area contributed by atoms with E-state index in [0.717, 1.165) is 19.3 Å². The number of hydrogen-bond donors (Lipinski definition) is 2. The first kappa shape index (κ1) is 15.5. The Bertz CT molecular complexity index is 557. The molecule has 4 nitrogen and oxygen atoms in total. The number of hydrogen-bond acceptors (Lipinski definition) is 3. The quantitative estimate of drug-likeness (QED) is 0.825. The van der Waals surface area contributed by atoms with Crippen LogP contribution in [0.4, 0.5) is 4.39 Å². The summed E-state index contributed by atoms with van der Waals surface area (Å²) in [5, 5.41) is 2.72. The van der Waals surface area contributed by atoms with E-state index in [0.29, 0.717) is 17.7 Å². The summed E-state index contributed by atoms with van der Waals surface area (Å²) in [6.07, 6.45) is 2.27. The highest BCUT2D eigenvalue weighted by molar-refractivity contribution is 5.80. The van der Waals surface area contributed by atoms with Crippen molar-refractivity contribution in [1.82, 2.24) is 5.32 Å². The van der Waals surface area contributed by atoms with E-state index in [1.54, 1.807) is 12.1 Å². The van der Waals surface area contributed by atoms with Gasteiger partial charge in [0, 0.05) is 24.3 Å². The van der Waals surface area contributed by atoms with Crippen molar-refractivity contribution in [1.29, 1.82) is 0 Å². The van der Waals surface area contributed by atoms with E-state index in [-0.39, 0.29) is 24.8 Å². The summed E-state index contributed by atoms with van der Waals surface area (Å²) >= 11 is 0. The largest absolute Gasteiger partial charge is 0.368 e. The monoisotopic (exact) mass is 290 g/mol. The van der Waals surface area contributed by atoms with Gasteiger partial charge in [0.25, 0.3) is 0 Å². The number of benzene rings is 1. The summed E-state index contributed by atoms with van der Waals surface area (Å²) in [7, 11) is 0. The Balaban J connectivity index is 1.96. The number of halogens is 1. The lowest BCUT2D eigenvalue weighted by Gasteiger charge is -2.21. The first-order valence-electron chi connectivity index (χ1n) is 7.07. The summed E-state index contributed by atoms with van der Waals surface area (Å²) in [6, 6.07) is 4.56. The topological polar surface area (TPSA) is 64.3 Å². The fourth-order valence-electron chi connectivity index (χ4n) is 2.18. The van der Waals surface area contributed by atoms with Crippen LogP contribution in [0.3, 0.4) is 0 Å². The van der Waals surface area contributed by atoms with Crippen LogP contribution in [0, 0.1) is 17.7 Å². The van der Waals surface area contributed by atoms with E-state index < -0.39 is 6.10 Å². The van der Waals surface area contributed by atoms with Gasteiger partial charge in [0.05, 0.1) is 6.54 Å². The number of amides is 1. The third-order valence-corrected chi connectivity index (χ3v) is 3.31. The van der Waals surface area contributed by atoms with Crippen LogP contribution < -0.4 is 11.1 Å². The lowest BCUT2D eigenvalue weighted by Crippen LogP contribution is -2.38. The number of rotatable bonds is 3. The van der Waals surface area contributed by atoms with Gasteiger partial charge in [0.1, 0.15) is 11.9 Å². The van der Waals surface area contributed by atoms with Crippen LogP contribution >= 0.6 is 0 Å². The second-order valence-electron chi connectivity index (χ2n) is 4.89. The second-order valence-corrected chi connectivity index (χ2v) is 4.89. The van der Waals surface area contributed by atoms with Crippen molar-refractivity contribution >= 4 is 5.91 Å². The normalized spacial score (nSPS) is 17.7. The van der Waals surface area contributed by atoms with Crippen LogP contribution in [0.15, 0.2) is 18.2 Å². The molecule has 1 atom stereocenters. The smallest absolute Gasteiger partial charge is 0.249 e. The molecule has 1 aliphatic rings. The molecular weight excluding hydrogens is 271 g/mol. The maximum Gasteiger partial charge on any atom is 0.249 e. The average molecular weight is 290 g/mol. The minimum atomic E-state index is -0.415. The van der Waals surface area contributed by atoms with Gasteiger partial charge < -0.3 is 15.8 Å². The van der Waals surface area contributed by atoms with Gasteiger partial charge >= 0.3 is 0 Å². The van der Waals surface area contributed by atoms with Gasteiger partial charge in [-0.1, -0.05) is 11.8 Å². The number of nitrogens with two attached hydrogens (primary N) is 1. The van der Waals surface area contributed by atoms with Gasteiger partial charge in [-0.05, 0) is 37.5 Å². The standard InChI is InChI=1S/C16H19FN2O2/c17-14-7-6-12(4-3-8-18)10-13(14)11-19-16(20)15-5-1-2-9-21-15/h6-7,10,15H,1-2,5,8-9,11,18H2,(H,19,20). The van der Waals surface area contributed by atoms with Crippen LogP contribution in [0.1, 0.15) is 30.4 Å². The van der Waals surface area contributed by atoms with E-state index in [4.69, 9.17) is 10.5 Å². The van der Waals surface area contributed by atoms with Gasteiger partial charge in [0.15, 0.2) is 0 Å². The molecule has 1 unspecified atom stereocenters. The lowest BCUT2D eigenvalue weighted by molar-refractivity contribution is -0.135. The SMILES string of the molecule is NCC#Cc1ccc(F)c(CNC(=O)C2CCCCO2)c1. The minimum Gasteiger partial charge on any atom is -0.368 e.